The van der Waals surface area contributed by atoms with E-state index in [0.717, 1.165) is 4.88 Å². The molecule has 78 valence electrons. The van der Waals surface area contributed by atoms with Gasteiger partial charge in [-0.2, -0.15) is 0 Å². The summed E-state index contributed by atoms with van der Waals surface area (Å²) in [5.41, 5.74) is -0.0361. The predicted octanol–water partition coefficient (Wildman–Crippen LogP) is 2.75. The molecule has 0 fully saturated rings. The van der Waals surface area contributed by atoms with Crippen LogP contribution in [0.15, 0.2) is 6.07 Å². The van der Waals surface area contributed by atoms with Crippen molar-refractivity contribution in [2.45, 2.75) is 26.2 Å². The van der Waals surface area contributed by atoms with Gasteiger partial charge in [0.05, 0.1) is 7.11 Å². The molecule has 0 radical (unpaired) electrons. The summed E-state index contributed by atoms with van der Waals surface area (Å²) >= 11 is 1.27. The number of aromatic carboxylic acids is 1. The van der Waals surface area contributed by atoms with E-state index in [1.165, 1.54) is 18.4 Å². The second-order valence-corrected chi connectivity index (χ2v) is 5.12. The van der Waals surface area contributed by atoms with Gasteiger partial charge in [0.15, 0.2) is 4.88 Å². The molecule has 0 aliphatic heterocycles. The zero-order valence-corrected chi connectivity index (χ0v) is 9.57. The molecule has 4 heteroatoms. The molecule has 0 aliphatic carbocycles. The molecule has 0 saturated carbocycles. The highest BCUT2D eigenvalue weighted by molar-refractivity contribution is 7.14. The smallest absolute Gasteiger partial charge is 0.349 e. The third-order valence-electron chi connectivity index (χ3n) is 1.85. The van der Waals surface area contributed by atoms with Gasteiger partial charge in [-0.1, -0.05) is 20.8 Å². The maximum Gasteiger partial charge on any atom is 0.349 e. The van der Waals surface area contributed by atoms with Gasteiger partial charge >= 0.3 is 5.97 Å². The third-order valence-corrected chi connectivity index (χ3v) is 3.38. The van der Waals surface area contributed by atoms with Crippen LogP contribution in [-0.4, -0.2) is 18.2 Å². The Morgan fingerprint density at radius 2 is 2.07 bits per heavy atom. The molecule has 1 heterocycles. The fraction of sp³-hybridized carbons (Fsp3) is 0.500. The van der Waals surface area contributed by atoms with Crippen molar-refractivity contribution in [1.29, 1.82) is 0 Å². The van der Waals surface area contributed by atoms with E-state index >= 15 is 0 Å². The Kier molecular flexibility index (Phi) is 2.85. The van der Waals surface area contributed by atoms with Crippen LogP contribution >= 0.6 is 11.3 Å². The Balaban J connectivity index is 3.20. The highest BCUT2D eigenvalue weighted by atomic mass is 32.1. The second-order valence-electron chi connectivity index (χ2n) is 4.06. The summed E-state index contributed by atoms with van der Waals surface area (Å²) in [6, 6.07) is 1.80. The topological polar surface area (TPSA) is 46.5 Å². The number of hydrogen-bond acceptors (Lipinski definition) is 3. The largest absolute Gasteiger partial charge is 0.495 e. The van der Waals surface area contributed by atoms with E-state index in [1.54, 1.807) is 6.07 Å². The van der Waals surface area contributed by atoms with Crippen molar-refractivity contribution < 1.29 is 14.6 Å². The number of thiophene rings is 1. The van der Waals surface area contributed by atoms with Gasteiger partial charge in [-0.3, -0.25) is 0 Å². The fourth-order valence-electron chi connectivity index (χ4n) is 1.04. The summed E-state index contributed by atoms with van der Waals surface area (Å²) in [5, 5.41) is 8.91. The lowest BCUT2D eigenvalue weighted by molar-refractivity contribution is 0.0699. The van der Waals surface area contributed by atoms with E-state index in [1.807, 2.05) is 20.8 Å². The second kappa shape index (κ2) is 3.61. The maximum absolute atomic E-state index is 10.9. The first-order chi connectivity index (χ1) is 6.36. The molecule has 0 unspecified atom stereocenters. The quantitative estimate of drug-likeness (QED) is 0.823. The number of carbonyl (C=O) groups is 1. The number of methoxy groups -OCH3 is 1. The molecule has 0 spiro atoms. The minimum atomic E-state index is -0.928. The van der Waals surface area contributed by atoms with Gasteiger partial charge < -0.3 is 9.84 Å². The van der Waals surface area contributed by atoms with Crippen LogP contribution in [0, 0.1) is 0 Å². The van der Waals surface area contributed by atoms with Gasteiger partial charge in [0.1, 0.15) is 5.75 Å². The van der Waals surface area contributed by atoms with Crippen LogP contribution in [0.4, 0.5) is 0 Å². The SMILES string of the molecule is COc1cc(C(C)(C)C)sc1C(=O)O. The minimum absolute atomic E-state index is 0.0361. The van der Waals surface area contributed by atoms with Gasteiger partial charge in [0.25, 0.3) is 0 Å². The monoisotopic (exact) mass is 214 g/mol. The van der Waals surface area contributed by atoms with Crippen LogP contribution in [-0.2, 0) is 5.41 Å². The molecule has 0 bridgehead atoms. The molecule has 0 aliphatic rings. The van der Waals surface area contributed by atoms with E-state index in [4.69, 9.17) is 9.84 Å². The van der Waals surface area contributed by atoms with Crippen molar-refractivity contribution in [2.75, 3.05) is 7.11 Å². The first-order valence-corrected chi connectivity index (χ1v) is 5.09. The molecule has 0 saturated heterocycles. The Labute approximate surface area is 87.3 Å². The Hall–Kier alpha value is -1.03. The molecule has 14 heavy (non-hydrogen) atoms. The summed E-state index contributed by atoms with van der Waals surface area (Å²) < 4.78 is 5.01. The number of ether oxygens (including phenoxy) is 1. The van der Waals surface area contributed by atoms with Crippen molar-refractivity contribution in [3.63, 3.8) is 0 Å². The van der Waals surface area contributed by atoms with E-state index in [2.05, 4.69) is 0 Å². The highest BCUT2D eigenvalue weighted by Gasteiger charge is 2.22. The third kappa shape index (κ3) is 2.07. The average Bonchev–Trinajstić information content (AvgIpc) is 2.45. The minimum Gasteiger partial charge on any atom is -0.495 e. The van der Waals surface area contributed by atoms with Gasteiger partial charge in [0, 0.05) is 4.88 Å². The average molecular weight is 214 g/mol. The van der Waals surface area contributed by atoms with Crippen LogP contribution in [0.2, 0.25) is 0 Å². The van der Waals surface area contributed by atoms with Crippen molar-refractivity contribution >= 4 is 17.3 Å². The van der Waals surface area contributed by atoms with Gasteiger partial charge in [-0.05, 0) is 11.5 Å². The van der Waals surface area contributed by atoms with Crippen LogP contribution in [0.5, 0.6) is 5.75 Å². The molecular formula is C10H14O3S. The molecule has 0 amide bonds. The predicted molar refractivity (Wildman–Crippen MR) is 56.5 cm³/mol. The van der Waals surface area contributed by atoms with Gasteiger partial charge in [-0.15, -0.1) is 11.3 Å². The van der Waals surface area contributed by atoms with Crippen molar-refractivity contribution in [3.05, 3.63) is 15.8 Å². The summed E-state index contributed by atoms with van der Waals surface area (Å²) in [4.78, 5) is 12.1. The normalized spacial score (nSPS) is 11.4. The number of carboxylic acid groups (broad SMARTS) is 1. The summed E-state index contributed by atoms with van der Waals surface area (Å²) in [7, 11) is 1.49. The van der Waals surface area contributed by atoms with E-state index in [9.17, 15) is 4.79 Å². The lowest BCUT2D eigenvalue weighted by atomic mass is 9.95. The van der Waals surface area contributed by atoms with Crippen LogP contribution in [0.25, 0.3) is 0 Å². The Morgan fingerprint density at radius 1 is 1.50 bits per heavy atom. The first kappa shape index (κ1) is 11.0. The van der Waals surface area contributed by atoms with Crippen molar-refractivity contribution in [1.82, 2.24) is 0 Å². The Morgan fingerprint density at radius 3 is 2.36 bits per heavy atom. The van der Waals surface area contributed by atoms with Crippen molar-refractivity contribution in [2.24, 2.45) is 0 Å². The molecule has 1 rings (SSSR count). The molecule has 1 aromatic rings. The molecule has 3 nitrogen and oxygen atoms in total. The zero-order chi connectivity index (χ0) is 10.9. The van der Waals surface area contributed by atoms with E-state index < -0.39 is 5.97 Å². The van der Waals surface area contributed by atoms with Crippen molar-refractivity contribution in [3.8, 4) is 5.75 Å². The lowest BCUT2D eigenvalue weighted by Gasteiger charge is -2.14. The maximum atomic E-state index is 10.9. The standard InChI is InChI=1S/C10H14O3S/c1-10(2,3)7-5-6(13-4)8(14-7)9(11)12/h5H,1-4H3,(H,11,12). The summed E-state index contributed by atoms with van der Waals surface area (Å²) in [6.45, 7) is 6.14. The zero-order valence-electron chi connectivity index (χ0n) is 8.75. The summed E-state index contributed by atoms with van der Waals surface area (Å²) in [6.07, 6.45) is 0. The molecular weight excluding hydrogens is 200 g/mol. The fourth-order valence-corrected chi connectivity index (χ4v) is 2.07. The molecule has 0 atom stereocenters. The van der Waals surface area contributed by atoms with Gasteiger partial charge in [-0.25, -0.2) is 4.79 Å². The van der Waals surface area contributed by atoms with E-state index in [-0.39, 0.29) is 10.3 Å². The highest BCUT2D eigenvalue weighted by Crippen LogP contribution is 2.36. The lowest BCUT2D eigenvalue weighted by Crippen LogP contribution is -2.07. The van der Waals surface area contributed by atoms with Crippen LogP contribution < -0.4 is 4.74 Å². The molecule has 1 aromatic heterocycles. The number of rotatable bonds is 2. The Bertz CT molecular complexity index is 347. The van der Waals surface area contributed by atoms with Crippen LogP contribution in [0.1, 0.15) is 35.3 Å². The van der Waals surface area contributed by atoms with Gasteiger partial charge in [0.2, 0.25) is 0 Å². The first-order valence-electron chi connectivity index (χ1n) is 4.28. The number of carboxylic acids is 1. The number of hydrogen-bond donors (Lipinski definition) is 1. The molecule has 0 aromatic carbocycles. The van der Waals surface area contributed by atoms with E-state index in [0.29, 0.717) is 5.75 Å². The van der Waals surface area contributed by atoms with Crippen LogP contribution in [0.3, 0.4) is 0 Å². The molecule has 1 N–H and O–H groups in total. The summed E-state index contributed by atoms with van der Waals surface area (Å²) in [5.74, 6) is -0.477.